The monoisotopic (exact) mass is 307 g/mol. The van der Waals surface area contributed by atoms with Gasteiger partial charge in [-0.3, -0.25) is 0 Å². The van der Waals surface area contributed by atoms with Crippen LogP contribution in [0.5, 0.6) is 0 Å². The number of nitrogens with one attached hydrogen (secondary N) is 1. The summed E-state index contributed by atoms with van der Waals surface area (Å²) in [6.07, 6.45) is -1.36. The highest BCUT2D eigenvalue weighted by Gasteiger charge is 2.33. The van der Waals surface area contributed by atoms with Crippen LogP contribution in [-0.4, -0.2) is 14.8 Å². The molecule has 0 saturated carbocycles. The van der Waals surface area contributed by atoms with Crippen molar-refractivity contribution in [2.45, 2.75) is 31.6 Å². The largest absolute Gasteiger partial charge is 0.417 e. The number of fused-ring (bicyclic) bond motifs is 1. The van der Waals surface area contributed by atoms with E-state index in [2.05, 4.69) is 15.4 Å². The molecule has 0 fully saturated rings. The lowest BCUT2D eigenvalue weighted by Crippen LogP contribution is -2.22. The molecule has 0 radical (unpaired) electrons. The van der Waals surface area contributed by atoms with Gasteiger partial charge < -0.3 is 5.32 Å². The molecule has 114 valence electrons. The molecule has 5 nitrogen and oxygen atoms in total. The summed E-state index contributed by atoms with van der Waals surface area (Å²) in [5.74, 6) is 0.754. The molecular formula is C14H12F3N5. The predicted octanol–water partition coefficient (Wildman–Crippen LogP) is 3.12. The van der Waals surface area contributed by atoms with E-state index in [-0.39, 0.29) is 6.04 Å². The van der Waals surface area contributed by atoms with Crippen LogP contribution in [0.2, 0.25) is 0 Å². The van der Waals surface area contributed by atoms with Gasteiger partial charge in [-0.1, -0.05) is 0 Å². The van der Waals surface area contributed by atoms with Gasteiger partial charge in [0.1, 0.15) is 12.2 Å². The summed E-state index contributed by atoms with van der Waals surface area (Å²) >= 11 is 0. The zero-order chi connectivity index (χ0) is 15.7. The highest BCUT2D eigenvalue weighted by Crippen LogP contribution is 2.34. The van der Waals surface area contributed by atoms with Crippen molar-refractivity contribution in [2.75, 3.05) is 5.32 Å². The summed E-state index contributed by atoms with van der Waals surface area (Å²) in [6.45, 7) is 0.782. The van der Waals surface area contributed by atoms with Crippen molar-refractivity contribution in [1.29, 1.82) is 5.26 Å². The quantitative estimate of drug-likeness (QED) is 0.925. The molecule has 1 aromatic heterocycles. The Morgan fingerprint density at radius 1 is 1.36 bits per heavy atom. The summed E-state index contributed by atoms with van der Waals surface area (Å²) in [5.41, 5.74) is -0.854. The van der Waals surface area contributed by atoms with E-state index in [9.17, 15) is 13.2 Å². The van der Waals surface area contributed by atoms with Crippen molar-refractivity contribution >= 4 is 5.69 Å². The third-order valence-corrected chi connectivity index (χ3v) is 3.61. The van der Waals surface area contributed by atoms with Gasteiger partial charge in [0.05, 0.1) is 23.2 Å². The molecule has 2 heterocycles. The second kappa shape index (κ2) is 5.33. The minimum atomic E-state index is -4.53. The number of alkyl halides is 3. The average Bonchev–Trinajstić information content (AvgIpc) is 2.95. The molecule has 0 bridgehead atoms. The number of hydrogen-bond donors (Lipinski definition) is 1. The molecule has 1 aliphatic heterocycles. The minimum absolute atomic E-state index is 0.125. The molecule has 1 aliphatic rings. The van der Waals surface area contributed by atoms with Crippen LogP contribution in [0, 0.1) is 11.3 Å². The highest BCUT2D eigenvalue weighted by molar-refractivity contribution is 5.54. The van der Waals surface area contributed by atoms with Crippen molar-refractivity contribution in [2.24, 2.45) is 0 Å². The standard InChI is InChI=1S/C14H12F3N5/c15-14(16,17)11-4-3-10(6-9(11)7-18)21-12-2-1-5-22-13(12)19-8-20-22/h3-4,6,8,12,21H,1-2,5H2/t12-/m0/s1. The van der Waals surface area contributed by atoms with Crippen LogP contribution >= 0.6 is 0 Å². The molecular weight excluding hydrogens is 295 g/mol. The zero-order valence-electron chi connectivity index (χ0n) is 11.4. The molecule has 2 aromatic rings. The van der Waals surface area contributed by atoms with Gasteiger partial charge in [0, 0.05) is 12.2 Å². The summed E-state index contributed by atoms with van der Waals surface area (Å²) in [5, 5.41) is 16.2. The predicted molar refractivity (Wildman–Crippen MR) is 71.8 cm³/mol. The first-order valence-electron chi connectivity index (χ1n) is 6.74. The molecule has 1 atom stereocenters. The number of rotatable bonds is 2. The summed E-state index contributed by atoms with van der Waals surface area (Å²) in [6, 6.07) is 4.95. The van der Waals surface area contributed by atoms with Gasteiger partial charge in [0.25, 0.3) is 0 Å². The van der Waals surface area contributed by atoms with Gasteiger partial charge in [-0.15, -0.1) is 0 Å². The van der Waals surface area contributed by atoms with Gasteiger partial charge in [-0.2, -0.15) is 23.5 Å². The molecule has 0 aliphatic carbocycles. The number of nitriles is 1. The molecule has 0 amide bonds. The number of aryl methyl sites for hydroxylation is 1. The SMILES string of the molecule is N#Cc1cc(N[C@H]2CCCn3ncnc32)ccc1C(F)(F)F. The third-order valence-electron chi connectivity index (χ3n) is 3.61. The number of anilines is 1. The lowest BCUT2D eigenvalue weighted by molar-refractivity contribution is -0.137. The molecule has 3 rings (SSSR count). The Kier molecular flexibility index (Phi) is 3.48. The van der Waals surface area contributed by atoms with E-state index < -0.39 is 17.3 Å². The molecule has 1 aromatic carbocycles. The van der Waals surface area contributed by atoms with Crippen molar-refractivity contribution in [3.63, 3.8) is 0 Å². The first kappa shape index (κ1) is 14.4. The number of halogens is 3. The molecule has 0 unspecified atom stereocenters. The Labute approximate surface area is 124 Å². The molecule has 1 N–H and O–H groups in total. The topological polar surface area (TPSA) is 66.5 Å². The summed E-state index contributed by atoms with van der Waals surface area (Å²) < 4.78 is 40.1. The van der Waals surface area contributed by atoms with Gasteiger partial charge in [-0.05, 0) is 31.0 Å². The number of benzene rings is 1. The molecule has 8 heteroatoms. The first-order valence-corrected chi connectivity index (χ1v) is 6.74. The van der Waals surface area contributed by atoms with Gasteiger partial charge >= 0.3 is 6.18 Å². The Hall–Kier alpha value is -2.56. The van der Waals surface area contributed by atoms with Crippen LogP contribution in [0.25, 0.3) is 0 Å². The van der Waals surface area contributed by atoms with Gasteiger partial charge in [0.2, 0.25) is 0 Å². The van der Waals surface area contributed by atoms with E-state index in [0.29, 0.717) is 5.69 Å². The summed E-state index contributed by atoms with van der Waals surface area (Å²) in [7, 11) is 0. The average molecular weight is 307 g/mol. The normalized spacial score (nSPS) is 17.6. The van der Waals surface area contributed by atoms with E-state index in [1.54, 1.807) is 10.8 Å². The number of hydrogen-bond acceptors (Lipinski definition) is 4. The fourth-order valence-corrected chi connectivity index (χ4v) is 2.60. The molecule has 22 heavy (non-hydrogen) atoms. The Balaban J connectivity index is 1.88. The lowest BCUT2D eigenvalue weighted by atomic mass is 10.0. The van der Waals surface area contributed by atoms with E-state index >= 15 is 0 Å². The van der Waals surface area contributed by atoms with Crippen molar-refractivity contribution < 1.29 is 13.2 Å². The van der Waals surface area contributed by atoms with Crippen LogP contribution in [0.4, 0.5) is 18.9 Å². The maximum Gasteiger partial charge on any atom is 0.417 e. The second-order valence-electron chi connectivity index (χ2n) is 5.05. The summed E-state index contributed by atoms with van der Waals surface area (Å²) in [4.78, 5) is 4.18. The van der Waals surface area contributed by atoms with Crippen LogP contribution in [0.1, 0.15) is 35.8 Å². The van der Waals surface area contributed by atoms with Crippen molar-refractivity contribution in [3.8, 4) is 6.07 Å². The smallest absolute Gasteiger partial charge is 0.375 e. The van der Waals surface area contributed by atoms with Crippen molar-refractivity contribution in [1.82, 2.24) is 14.8 Å². The van der Waals surface area contributed by atoms with E-state index in [4.69, 9.17) is 5.26 Å². The molecule has 0 saturated heterocycles. The lowest BCUT2D eigenvalue weighted by Gasteiger charge is -2.24. The number of nitrogens with zero attached hydrogens (tertiary/aromatic N) is 4. The van der Waals surface area contributed by atoms with E-state index in [1.165, 1.54) is 18.5 Å². The van der Waals surface area contributed by atoms with Crippen molar-refractivity contribution in [3.05, 3.63) is 41.5 Å². The van der Waals surface area contributed by atoms with Gasteiger partial charge in [0.15, 0.2) is 0 Å². The minimum Gasteiger partial charge on any atom is -0.375 e. The van der Waals surface area contributed by atoms with E-state index in [0.717, 1.165) is 31.3 Å². The fourth-order valence-electron chi connectivity index (χ4n) is 2.60. The van der Waals surface area contributed by atoms with E-state index in [1.807, 2.05) is 0 Å². The Morgan fingerprint density at radius 3 is 2.91 bits per heavy atom. The highest BCUT2D eigenvalue weighted by atomic mass is 19.4. The molecule has 0 spiro atoms. The third kappa shape index (κ3) is 2.62. The zero-order valence-corrected chi connectivity index (χ0v) is 11.4. The van der Waals surface area contributed by atoms with Gasteiger partial charge in [-0.25, -0.2) is 9.67 Å². The Bertz CT molecular complexity index is 729. The van der Waals surface area contributed by atoms with Crippen LogP contribution in [-0.2, 0) is 12.7 Å². The van der Waals surface area contributed by atoms with Crippen LogP contribution in [0.15, 0.2) is 24.5 Å². The Morgan fingerprint density at radius 2 is 2.18 bits per heavy atom. The maximum atomic E-state index is 12.8. The second-order valence-corrected chi connectivity index (χ2v) is 5.05. The maximum absolute atomic E-state index is 12.8. The fraction of sp³-hybridized carbons (Fsp3) is 0.357. The van der Waals surface area contributed by atoms with Crippen LogP contribution in [0.3, 0.4) is 0 Å². The van der Waals surface area contributed by atoms with Crippen LogP contribution < -0.4 is 5.32 Å². The number of aromatic nitrogens is 3. The first-order chi connectivity index (χ1) is 10.5.